The molecule has 2 amide bonds. The number of nitrogens with zero attached hydrogens (tertiary/aromatic N) is 2. The van der Waals surface area contributed by atoms with Crippen LogP contribution < -0.4 is 10.6 Å². The fourth-order valence-electron chi connectivity index (χ4n) is 3.43. The van der Waals surface area contributed by atoms with Crippen LogP contribution in [0.4, 0.5) is 10.5 Å². The van der Waals surface area contributed by atoms with Crippen molar-refractivity contribution >= 4 is 17.6 Å². The van der Waals surface area contributed by atoms with Gasteiger partial charge >= 0.3 is 6.03 Å². The predicted molar refractivity (Wildman–Crippen MR) is 115 cm³/mol. The third-order valence-electron chi connectivity index (χ3n) is 5.17. The molecule has 4 rings (SSSR count). The first kappa shape index (κ1) is 19.7. The Morgan fingerprint density at radius 3 is 2.63 bits per heavy atom. The molecule has 3 N–H and O–H groups in total. The van der Waals surface area contributed by atoms with E-state index in [1.165, 1.54) is 10.7 Å². The number of rotatable bonds is 5. The Morgan fingerprint density at radius 2 is 1.93 bits per heavy atom. The highest BCUT2D eigenvalue weighted by Gasteiger charge is 2.30. The highest BCUT2D eigenvalue weighted by molar-refractivity contribution is 6.05. The number of nitrogens with one attached hydrogen (secondary N) is 2. The molecule has 1 heterocycles. The van der Waals surface area contributed by atoms with Gasteiger partial charge < -0.3 is 15.7 Å². The number of amides is 2. The van der Waals surface area contributed by atoms with E-state index in [-0.39, 0.29) is 17.7 Å². The highest BCUT2D eigenvalue weighted by atomic mass is 16.3. The van der Waals surface area contributed by atoms with Crippen LogP contribution in [0.1, 0.15) is 47.3 Å². The smallest absolute Gasteiger partial charge is 0.342 e. The molecule has 1 fully saturated rings. The van der Waals surface area contributed by atoms with Crippen molar-refractivity contribution in [2.45, 2.75) is 32.6 Å². The van der Waals surface area contributed by atoms with Crippen LogP contribution in [0.5, 0.6) is 5.75 Å². The minimum absolute atomic E-state index is 0.0341. The minimum atomic E-state index is -0.283. The third kappa shape index (κ3) is 3.91. The second-order valence-electron chi connectivity index (χ2n) is 7.48. The van der Waals surface area contributed by atoms with E-state index < -0.39 is 0 Å². The summed E-state index contributed by atoms with van der Waals surface area (Å²) in [6, 6.07) is 13.7. The fourth-order valence-corrected chi connectivity index (χ4v) is 3.43. The zero-order chi connectivity index (χ0) is 21.3. The van der Waals surface area contributed by atoms with Crippen LogP contribution in [0.3, 0.4) is 0 Å². The van der Waals surface area contributed by atoms with Gasteiger partial charge in [0.1, 0.15) is 5.75 Å². The molecule has 1 aliphatic carbocycles. The lowest BCUT2D eigenvalue weighted by atomic mass is 10.1. The monoisotopic (exact) mass is 404 g/mol. The van der Waals surface area contributed by atoms with Gasteiger partial charge in [0, 0.05) is 29.3 Å². The summed E-state index contributed by atoms with van der Waals surface area (Å²) < 4.78 is 1.38. The highest BCUT2D eigenvalue weighted by Crippen LogP contribution is 2.42. The Balaban J connectivity index is 1.65. The zero-order valence-electron chi connectivity index (χ0n) is 17.0. The number of anilines is 1. The molecule has 1 aliphatic rings. The number of phenols is 1. The maximum Gasteiger partial charge on any atom is 0.342 e. The average Bonchev–Trinajstić information content (AvgIpc) is 3.48. The predicted octanol–water partition coefficient (Wildman–Crippen LogP) is 4.27. The van der Waals surface area contributed by atoms with Crippen LogP contribution in [0.15, 0.2) is 48.5 Å². The van der Waals surface area contributed by atoms with Crippen molar-refractivity contribution < 1.29 is 14.7 Å². The number of aryl methyl sites for hydroxylation is 1. The Labute approximate surface area is 174 Å². The summed E-state index contributed by atoms with van der Waals surface area (Å²) in [6.07, 6.45) is 2.03. The van der Waals surface area contributed by atoms with Crippen molar-refractivity contribution in [3.63, 3.8) is 0 Å². The quantitative estimate of drug-likeness (QED) is 0.553. The first-order chi connectivity index (χ1) is 14.5. The van der Waals surface area contributed by atoms with Crippen LogP contribution in [-0.4, -0.2) is 33.4 Å². The van der Waals surface area contributed by atoms with Crippen LogP contribution in [0.25, 0.3) is 11.3 Å². The first-order valence-corrected chi connectivity index (χ1v) is 10.1. The van der Waals surface area contributed by atoms with E-state index in [0.717, 1.165) is 24.1 Å². The summed E-state index contributed by atoms with van der Waals surface area (Å²) in [5.41, 5.74) is 3.80. The van der Waals surface area contributed by atoms with Crippen molar-refractivity contribution in [3.8, 4) is 17.0 Å². The van der Waals surface area contributed by atoms with Gasteiger partial charge in [-0.3, -0.25) is 4.79 Å². The number of aromatic nitrogens is 2. The van der Waals surface area contributed by atoms with Crippen LogP contribution in [-0.2, 0) is 0 Å². The van der Waals surface area contributed by atoms with Gasteiger partial charge in [0.2, 0.25) is 0 Å². The Kier molecular flexibility index (Phi) is 5.27. The molecule has 0 unspecified atom stereocenters. The number of aromatic hydroxyl groups is 1. The molecular formula is C23H24N4O3. The average molecular weight is 404 g/mol. The van der Waals surface area contributed by atoms with Gasteiger partial charge in [0.15, 0.2) is 0 Å². The summed E-state index contributed by atoms with van der Waals surface area (Å²) in [7, 11) is 0. The molecule has 3 aromatic rings. The largest absolute Gasteiger partial charge is 0.507 e. The van der Waals surface area contributed by atoms with Gasteiger partial charge in [-0.1, -0.05) is 18.2 Å². The number of hydrogen-bond donors (Lipinski definition) is 3. The first-order valence-electron chi connectivity index (χ1n) is 10.1. The molecule has 30 heavy (non-hydrogen) atoms. The van der Waals surface area contributed by atoms with E-state index in [1.54, 1.807) is 18.2 Å². The van der Waals surface area contributed by atoms with E-state index in [9.17, 15) is 14.7 Å². The molecule has 0 bridgehead atoms. The maximum absolute atomic E-state index is 12.6. The van der Waals surface area contributed by atoms with Crippen molar-refractivity contribution in [2.24, 2.45) is 0 Å². The fraction of sp³-hybridized carbons (Fsp3) is 0.261. The number of hydrogen-bond acceptors (Lipinski definition) is 4. The van der Waals surface area contributed by atoms with Crippen LogP contribution in [0, 0.1) is 6.92 Å². The van der Waals surface area contributed by atoms with E-state index in [4.69, 9.17) is 0 Å². The Bertz CT molecular complexity index is 1120. The molecule has 0 saturated heterocycles. The lowest BCUT2D eigenvalue weighted by Crippen LogP contribution is -2.30. The summed E-state index contributed by atoms with van der Waals surface area (Å²) >= 11 is 0. The minimum Gasteiger partial charge on any atom is -0.507 e. The zero-order valence-corrected chi connectivity index (χ0v) is 17.0. The molecule has 7 heteroatoms. The summed E-state index contributed by atoms with van der Waals surface area (Å²) in [5.74, 6) is 0.114. The van der Waals surface area contributed by atoms with Gasteiger partial charge in [-0.15, -0.1) is 0 Å². The SMILES string of the molecule is CCNC(=O)n1nc(-c2cc(NC(=O)c3ccccc3C)ccc2O)cc1C1CC1. The molecule has 0 spiro atoms. The van der Waals surface area contributed by atoms with Gasteiger partial charge in [-0.25, -0.2) is 4.79 Å². The van der Waals surface area contributed by atoms with Crippen LogP contribution >= 0.6 is 0 Å². The third-order valence-corrected chi connectivity index (χ3v) is 5.17. The molecule has 0 radical (unpaired) electrons. The maximum atomic E-state index is 12.6. The van der Waals surface area contributed by atoms with Gasteiger partial charge in [-0.2, -0.15) is 9.78 Å². The van der Waals surface area contributed by atoms with E-state index in [1.807, 2.05) is 38.1 Å². The van der Waals surface area contributed by atoms with Crippen molar-refractivity contribution in [1.82, 2.24) is 15.1 Å². The summed E-state index contributed by atoms with van der Waals surface area (Å²) in [5, 5.41) is 20.5. The Morgan fingerprint density at radius 1 is 1.17 bits per heavy atom. The number of carbonyl (C=O) groups excluding carboxylic acids is 2. The number of carbonyl (C=O) groups is 2. The number of benzene rings is 2. The van der Waals surface area contributed by atoms with E-state index in [0.29, 0.717) is 35.0 Å². The summed E-state index contributed by atoms with van der Waals surface area (Å²) in [6.45, 7) is 4.24. The number of phenolic OH excluding ortho intramolecular Hbond substituents is 1. The standard InChI is InChI=1S/C23H24N4O3/c1-3-24-23(30)27-20(15-8-9-15)13-19(26-27)18-12-16(10-11-21(18)28)25-22(29)17-7-5-4-6-14(17)2/h4-7,10-13,15,28H,3,8-9H2,1-2H3,(H,24,30)(H,25,29). The van der Waals surface area contributed by atoms with E-state index >= 15 is 0 Å². The lowest BCUT2D eigenvalue weighted by molar-refractivity contribution is 0.102. The molecule has 1 aromatic heterocycles. The second-order valence-corrected chi connectivity index (χ2v) is 7.48. The topological polar surface area (TPSA) is 96.3 Å². The molecule has 1 saturated carbocycles. The van der Waals surface area contributed by atoms with Gasteiger partial charge in [0.25, 0.3) is 5.91 Å². The lowest BCUT2D eigenvalue weighted by Gasteiger charge is -2.10. The molecule has 0 atom stereocenters. The Hall–Kier alpha value is -3.61. The molecular weight excluding hydrogens is 380 g/mol. The van der Waals surface area contributed by atoms with Crippen molar-refractivity contribution in [2.75, 3.05) is 11.9 Å². The normalized spacial score (nSPS) is 13.1. The molecule has 154 valence electrons. The second kappa shape index (κ2) is 8.02. The molecule has 7 nitrogen and oxygen atoms in total. The molecule has 2 aromatic carbocycles. The van der Waals surface area contributed by atoms with E-state index in [2.05, 4.69) is 15.7 Å². The van der Waals surface area contributed by atoms with Gasteiger partial charge in [0.05, 0.1) is 11.4 Å². The van der Waals surface area contributed by atoms with Crippen molar-refractivity contribution in [1.29, 1.82) is 0 Å². The summed E-state index contributed by atoms with van der Waals surface area (Å²) in [4.78, 5) is 25.0. The van der Waals surface area contributed by atoms with Crippen molar-refractivity contribution in [3.05, 3.63) is 65.4 Å². The molecule has 0 aliphatic heterocycles. The van der Waals surface area contributed by atoms with Gasteiger partial charge in [-0.05, 0) is 62.6 Å². The van der Waals surface area contributed by atoms with Crippen LogP contribution in [0.2, 0.25) is 0 Å².